The molecule has 4 nitrogen and oxygen atoms in total. The van der Waals surface area contributed by atoms with E-state index in [1.165, 1.54) is 0 Å². The van der Waals surface area contributed by atoms with Crippen molar-refractivity contribution in [3.8, 4) is 0 Å². The lowest BCUT2D eigenvalue weighted by molar-refractivity contribution is -0.191. The molecule has 1 heterocycles. The molecule has 1 aliphatic heterocycles. The van der Waals surface area contributed by atoms with Crippen LogP contribution in [-0.4, -0.2) is 40.6 Å². The molecule has 114 valence electrons. The summed E-state index contributed by atoms with van der Waals surface area (Å²) in [5, 5.41) is 9.29. The summed E-state index contributed by atoms with van der Waals surface area (Å²) in [6.07, 6.45) is -4.29. The van der Waals surface area contributed by atoms with Crippen LogP contribution in [0, 0.1) is 0 Å². The summed E-state index contributed by atoms with van der Waals surface area (Å²) in [7, 11) is 0. The number of nitrogens with zero attached hydrogens (tertiary/aromatic N) is 1. The average Bonchev–Trinajstić information content (AvgIpc) is 2.45. The number of hydrogen-bond donors (Lipinski definition) is 1. The standard InChI is InChI=1S/C14H14F3NO3/c15-14(16,17)13(21)18-8-4-7-10(11(18)12(19)20)9-5-2-1-3-6-9/h1-3,5-6,10-11H,4,7-8H2,(H,19,20). The zero-order chi connectivity index (χ0) is 15.6. The van der Waals surface area contributed by atoms with Crippen LogP contribution in [0.4, 0.5) is 13.2 Å². The van der Waals surface area contributed by atoms with Crippen molar-refractivity contribution in [1.29, 1.82) is 0 Å². The van der Waals surface area contributed by atoms with E-state index in [0.29, 0.717) is 23.3 Å². The Balaban J connectivity index is 2.35. The van der Waals surface area contributed by atoms with Gasteiger partial charge in [0.15, 0.2) is 0 Å². The molecule has 21 heavy (non-hydrogen) atoms. The first-order valence-electron chi connectivity index (χ1n) is 6.48. The molecule has 1 saturated heterocycles. The Morgan fingerprint density at radius 1 is 1.19 bits per heavy atom. The quantitative estimate of drug-likeness (QED) is 0.912. The predicted octanol–water partition coefficient (Wildman–Crippen LogP) is 2.41. The third-order valence-corrected chi connectivity index (χ3v) is 3.62. The van der Waals surface area contributed by atoms with Crippen LogP contribution in [0.25, 0.3) is 0 Å². The maximum Gasteiger partial charge on any atom is 0.471 e. The van der Waals surface area contributed by atoms with Gasteiger partial charge in [0.05, 0.1) is 0 Å². The molecule has 1 amide bonds. The summed E-state index contributed by atoms with van der Waals surface area (Å²) < 4.78 is 37.8. The molecule has 2 unspecified atom stereocenters. The van der Waals surface area contributed by atoms with E-state index in [0.717, 1.165) is 0 Å². The topological polar surface area (TPSA) is 57.6 Å². The number of aliphatic carboxylic acids is 1. The molecule has 2 atom stereocenters. The van der Waals surface area contributed by atoms with Gasteiger partial charge in [-0.05, 0) is 18.4 Å². The molecular formula is C14H14F3NO3. The third kappa shape index (κ3) is 3.17. The van der Waals surface area contributed by atoms with Gasteiger partial charge in [0.1, 0.15) is 6.04 Å². The maximum atomic E-state index is 12.6. The van der Waals surface area contributed by atoms with Crippen LogP contribution in [0.15, 0.2) is 30.3 Å². The van der Waals surface area contributed by atoms with Crippen LogP contribution in [-0.2, 0) is 9.59 Å². The average molecular weight is 301 g/mol. The molecule has 7 heteroatoms. The second-order valence-corrected chi connectivity index (χ2v) is 4.94. The van der Waals surface area contributed by atoms with Gasteiger partial charge in [-0.1, -0.05) is 30.3 Å². The summed E-state index contributed by atoms with van der Waals surface area (Å²) in [6, 6.07) is 6.97. The van der Waals surface area contributed by atoms with E-state index in [4.69, 9.17) is 0 Å². The summed E-state index contributed by atoms with van der Waals surface area (Å²) in [4.78, 5) is 23.3. The molecule has 1 aromatic rings. The van der Waals surface area contributed by atoms with Gasteiger partial charge in [0.2, 0.25) is 0 Å². The van der Waals surface area contributed by atoms with Crippen LogP contribution >= 0.6 is 0 Å². The molecule has 1 aromatic carbocycles. The van der Waals surface area contributed by atoms with Gasteiger partial charge in [0.25, 0.3) is 0 Å². The largest absolute Gasteiger partial charge is 0.480 e. The molecular weight excluding hydrogens is 287 g/mol. The molecule has 0 radical (unpaired) electrons. The lowest BCUT2D eigenvalue weighted by Crippen LogP contribution is -2.55. The predicted molar refractivity (Wildman–Crippen MR) is 67.6 cm³/mol. The van der Waals surface area contributed by atoms with Crippen LogP contribution in [0.5, 0.6) is 0 Å². The van der Waals surface area contributed by atoms with E-state index in [-0.39, 0.29) is 6.54 Å². The van der Waals surface area contributed by atoms with Crippen molar-refractivity contribution >= 4 is 11.9 Å². The highest BCUT2D eigenvalue weighted by Crippen LogP contribution is 2.35. The monoisotopic (exact) mass is 301 g/mol. The highest BCUT2D eigenvalue weighted by molar-refractivity contribution is 5.88. The van der Waals surface area contributed by atoms with Crippen LogP contribution in [0.2, 0.25) is 0 Å². The highest BCUT2D eigenvalue weighted by Gasteiger charge is 2.49. The van der Waals surface area contributed by atoms with E-state index in [1.54, 1.807) is 30.3 Å². The van der Waals surface area contributed by atoms with Crippen molar-refractivity contribution in [1.82, 2.24) is 4.90 Å². The molecule has 0 saturated carbocycles. The van der Waals surface area contributed by atoms with Crippen molar-refractivity contribution in [2.45, 2.75) is 31.0 Å². The van der Waals surface area contributed by atoms with Crippen molar-refractivity contribution in [2.24, 2.45) is 0 Å². The molecule has 0 bridgehead atoms. The Kier molecular flexibility index (Phi) is 4.20. The van der Waals surface area contributed by atoms with Crippen molar-refractivity contribution < 1.29 is 27.9 Å². The number of alkyl halides is 3. The van der Waals surface area contributed by atoms with E-state index in [2.05, 4.69) is 0 Å². The van der Waals surface area contributed by atoms with Gasteiger partial charge in [-0.3, -0.25) is 4.79 Å². The number of benzene rings is 1. The fourth-order valence-electron chi connectivity index (χ4n) is 2.74. The second kappa shape index (κ2) is 5.75. The van der Waals surface area contributed by atoms with Crippen molar-refractivity contribution in [3.05, 3.63) is 35.9 Å². The lowest BCUT2D eigenvalue weighted by Gasteiger charge is -2.39. The molecule has 1 aliphatic rings. The van der Waals surface area contributed by atoms with Gasteiger partial charge in [-0.25, -0.2) is 4.79 Å². The number of carboxylic acids is 1. The third-order valence-electron chi connectivity index (χ3n) is 3.62. The Labute approximate surface area is 119 Å². The molecule has 0 aromatic heterocycles. The molecule has 1 fully saturated rings. The Morgan fingerprint density at radius 2 is 1.81 bits per heavy atom. The van der Waals surface area contributed by atoms with Crippen LogP contribution in [0.3, 0.4) is 0 Å². The number of carboxylic acid groups (broad SMARTS) is 1. The molecule has 1 N–H and O–H groups in total. The molecule has 0 spiro atoms. The molecule has 0 aliphatic carbocycles. The van der Waals surface area contributed by atoms with E-state index in [1.807, 2.05) is 0 Å². The van der Waals surface area contributed by atoms with Crippen molar-refractivity contribution in [2.75, 3.05) is 6.54 Å². The number of likely N-dealkylation sites (tertiary alicyclic amines) is 1. The summed E-state index contributed by atoms with van der Waals surface area (Å²) in [5.41, 5.74) is 0.629. The summed E-state index contributed by atoms with van der Waals surface area (Å²) in [5.74, 6) is -4.14. The van der Waals surface area contributed by atoms with Crippen LogP contribution in [0.1, 0.15) is 24.3 Å². The Bertz CT molecular complexity index is 530. The fraction of sp³-hybridized carbons (Fsp3) is 0.429. The Morgan fingerprint density at radius 3 is 2.33 bits per heavy atom. The smallest absolute Gasteiger partial charge is 0.471 e. The number of carbonyl (C=O) groups is 2. The zero-order valence-electron chi connectivity index (χ0n) is 11.0. The number of hydrogen-bond acceptors (Lipinski definition) is 2. The zero-order valence-corrected chi connectivity index (χ0v) is 11.0. The first-order valence-corrected chi connectivity index (χ1v) is 6.48. The van der Waals surface area contributed by atoms with Crippen molar-refractivity contribution in [3.63, 3.8) is 0 Å². The minimum atomic E-state index is -5.06. The highest BCUT2D eigenvalue weighted by atomic mass is 19.4. The van der Waals surface area contributed by atoms with Gasteiger partial charge >= 0.3 is 18.1 Å². The van der Waals surface area contributed by atoms with E-state index < -0.39 is 30.0 Å². The second-order valence-electron chi connectivity index (χ2n) is 4.94. The number of halogens is 3. The maximum absolute atomic E-state index is 12.6. The minimum absolute atomic E-state index is 0.196. The normalized spacial score (nSPS) is 22.9. The number of piperidine rings is 1. The summed E-state index contributed by atoms with van der Waals surface area (Å²) >= 11 is 0. The van der Waals surface area contributed by atoms with Gasteiger partial charge in [-0.15, -0.1) is 0 Å². The minimum Gasteiger partial charge on any atom is -0.480 e. The number of rotatable bonds is 2. The van der Waals surface area contributed by atoms with Gasteiger partial charge in [-0.2, -0.15) is 13.2 Å². The first kappa shape index (κ1) is 15.3. The van der Waals surface area contributed by atoms with E-state index in [9.17, 15) is 27.9 Å². The fourth-order valence-corrected chi connectivity index (χ4v) is 2.74. The van der Waals surface area contributed by atoms with Gasteiger partial charge < -0.3 is 10.0 Å². The number of carbonyl (C=O) groups excluding carboxylic acids is 1. The SMILES string of the molecule is O=C(O)C1C(c2ccccc2)CCCN1C(=O)C(F)(F)F. The summed E-state index contributed by atoms with van der Waals surface area (Å²) in [6.45, 7) is -0.196. The first-order chi connectivity index (χ1) is 9.82. The number of amides is 1. The van der Waals surface area contributed by atoms with E-state index >= 15 is 0 Å². The lowest BCUT2D eigenvalue weighted by atomic mass is 9.83. The Hall–Kier alpha value is -2.05. The molecule has 2 rings (SSSR count). The van der Waals surface area contributed by atoms with Gasteiger partial charge in [0, 0.05) is 12.5 Å². The van der Waals surface area contributed by atoms with Crippen LogP contribution < -0.4 is 0 Å².